The van der Waals surface area contributed by atoms with Crippen LogP contribution in [0, 0.1) is 6.92 Å². The molecule has 0 bridgehead atoms. The molecule has 3 aromatic heterocycles. The highest BCUT2D eigenvalue weighted by Crippen LogP contribution is 2.37. The summed E-state index contributed by atoms with van der Waals surface area (Å²) in [6.45, 7) is 3.02. The van der Waals surface area contributed by atoms with Gasteiger partial charge in [-0.3, -0.25) is 4.57 Å². The van der Waals surface area contributed by atoms with Crippen molar-refractivity contribution < 1.29 is 0 Å². The Labute approximate surface area is 132 Å². The molecule has 1 saturated heterocycles. The smallest absolute Gasteiger partial charge is 0.227 e. The largest absolute Gasteiger partial charge is 0.348 e. The minimum Gasteiger partial charge on any atom is -0.348 e. The molecule has 1 aliphatic rings. The quantitative estimate of drug-likeness (QED) is 0.807. The van der Waals surface area contributed by atoms with Crippen molar-refractivity contribution in [1.29, 1.82) is 0 Å². The Morgan fingerprint density at radius 1 is 1.36 bits per heavy atom. The van der Waals surface area contributed by atoms with E-state index in [0.717, 1.165) is 29.7 Å². The first-order chi connectivity index (χ1) is 10.8. The van der Waals surface area contributed by atoms with Crippen LogP contribution in [0.25, 0.3) is 11.5 Å². The van der Waals surface area contributed by atoms with E-state index in [9.17, 15) is 0 Å². The van der Waals surface area contributed by atoms with E-state index in [0.29, 0.717) is 6.04 Å². The average Bonchev–Trinajstić information content (AvgIpc) is 3.23. The third-order valence-corrected chi connectivity index (χ3v) is 5.25. The number of aromatic amines is 1. The number of imidazole rings is 1. The summed E-state index contributed by atoms with van der Waals surface area (Å²) in [4.78, 5) is 11.2. The van der Waals surface area contributed by atoms with Gasteiger partial charge in [-0.05, 0) is 31.2 Å². The highest BCUT2D eigenvalue weighted by atomic mass is 32.1. The van der Waals surface area contributed by atoms with Crippen LogP contribution >= 0.6 is 11.3 Å². The fraction of sp³-hybridized carbons (Fsp3) is 0.400. The number of thiophene rings is 1. The molecule has 1 unspecified atom stereocenters. The number of H-pyrrole nitrogens is 1. The van der Waals surface area contributed by atoms with Crippen molar-refractivity contribution in [3.05, 3.63) is 34.4 Å². The first-order valence-electron chi connectivity index (χ1n) is 7.45. The lowest BCUT2D eigenvalue weighted by Gasteiger charge is -2.24. The molecule has 1 aliphatic heterocycles. The van der Waals surface area contributed by atoms with E-state index in [4.69, 9.17) is 0 Å². The normalized spacial score (nSPS) is 18.3. The van der Waals surface area contributed by atoms with Crippen molar-refractivity contribution in [3.8, 4) is 11.5 Å². The molecule has 0 aliphatic carbocycles. The molecule has 4 rings (SSSR count). The van der Waals surface area contributed by atoms with Gasteiger partial charge < -0.3 is 9.88 Å². The van der Waals surface area contributed by atoms with Gasteiger partial charge in [0.2, 0.25) is 5.95 Å². The number of anilines is 1. The first-order valence-corrected chi connectivity index (χ1v) is 8.33. The molecule has 1 atom stereocenters. The van der Waals surface area contributed by atoms with Gasteiger partial charge in [-0.25, -0.2) is 4.98 Å². The van der Waals surface area contributed by atoms with E-state index in [1.54, 1.807) is 6.33 Å². The molecular weight excluding hydrogens is 296 g/mol. The molecule has 22 heavy (non-hydrogen) atoms. The maximum absolute atomic E-state index is 4.44. The Hall–Kier alpha value is -2.15. The van der Waals surface area contributed by atoms with E-state index in [2.05, 4.69) is 47.1 Å². The first kappa shape index (κ1) is 13.5. The molecule has 1 N–H and O–H groups in total. The third kappa shape index (κ3) is 2.04. The summed E-state index contributed by atoms with van der Waals surface area (Å²) in [7, 11) is 2.02. The summed E-state index contributed by atoms with van der Waals surface area (Å²) in [5.74, 6) is 1.74. The topological polar surface area (TPSA) is 62.6 Å². The maximum Gasteiger partial charge on any atom is 0.227 e. The van der Waals surface area contributed by atoms with Crippen LogP contribution in [-0.2, 0) is 7.05 Å². The van der Waals surface area contributed by atoms with Crippen LogP contribution in [0.5, 0.6) is 0 Å². The molecule has 4 heterocycles. The number of rotatable bonds is 3. The van der Waals surface area contributed by atoms with Crippen LogP contribution in [0.1, 0.15) is 29.5 Å². The number of nitrogens with one attached hydrogen (secondary N) is 1. The van der Waals surface area contributed by atoms with Crippen molar-refractivity contribution in [2.75, 3.05) is 11.4 Å². The molecule has 0 spiro atoms. The Kier molecular flexibility index (Phi) is 3.22. The van der Waals surface area contributed by atoms with Gasteiger partial charge in [0.25, 0.3) is 0 Å². The van der Waals surface area contributed by atoms with Crippen molar-refractivity contribution in [1.82, 2.24) is 24.7 Å². The van der Waals surface area contributed by atoms with Crippen molar-refractivity contribution in [3.63, 3.8) is 0 Å². The molecule has 7 heteroatoms. The Balaban J connectivity index is 1.71. The van der Waals surface area contributed by atoms with E-state index >= 15 is 0 Å². The number of aryl methyl sites for hydroxylation is 1. The lowest BCUT2D eigenvalue weighted by molar-refractivity contribution is 0.697. The lowest BCUT2D eigenvalue weighted by atomic mass is 10.2. The minimum absolute atomic E-state index is 0.413. The van der Waals surface area contributed by atoms with Crippen molar-refractivity contribution in [2.24, 2.45) is 7.05 Å². The van der Waals surface area contributed by atoms with Crippen LogP contribution in [0.15, 0.2) is 23.8 Å². The molecule has 0 aromatic carbocycles. The van der Waals surface area contributed by atoms with Crippen LogP contribution in [0.4, 0.5) is 5.95 Å². The van der Waals surface area contributed by atoms with Gasteiger partial charge >= 0.3 is 0 Å². The van der Waals surface area contributed by atoms with Gasteiger partial charge in [-0.1, -0.05) is 6.07 Å². The fourth-order valence-corrected chi connectivity index (χ4v) is 4.02. The molecule has 0 saturated carbocycles. The molecule has 1 fully saturated rings. The lowest BCUT2D eigenvalue weighted by Crippen LogP contribution is -2.25. The van der Waals surface area contributed by atoms with E-state index < -0.39 is 0 Å². The summed E-state index contributed by atoms with van der Waals surface area (Å²) in [6, 6.07) is 4.74. The third-order valence-electron chi connectivity index (χ3n) is 4.27. The molecule has 0 radical (unpaired) electrons. The van der Waals surface area contributed by atoms with Crippen LogP contribution in [0.3, 0.4) is 0 Å². The van der Waals surface area contributed by atoms with Gasteiger partial charge in [-0.15, -0.1) is 21.5 Å². The number of aromatic nitrogens is 5. The molecule has 3 aromatic rings. The average molecular weight is 314 g/mol. The summed E-state index contributed by atoms with van der Waals surface area (Å²) in [5.41, 5.74) is 1.88. The maximum atomic E-state index is 4.44. The second kappa shape index (κ2) is 5.24. The number of nitrogens with zero attached hydrogens (tertiary/aromatic N) is 5. The number of hydrogen-bond acceptors (Lipinski definition) is 5. The highest BCUT2D eigenvalue weighted by Gasteiger charge is 2.31. The predicted molar refractivity (Wildman–Crippen MR) is 87.0 cm³/mol. The zero-order chi connectivity index (χ0) is 15.1. The summed E-state index contributed by atoms with van der Waals surface area (Å²) in [5, 5.41) is 11.0. The SMILES string of the molecule is Cc1[nH]cnc1-c1nnc(N2CCCC2c2cccs2)n1C. The summed E-state index contributed by atoms with van der Waals surface area (Å²) < 4.78 is 2.05. The van der Waals surface area contributed by atoms with E-state index in [1.165, 1.54) is 17.7 Å². The summed E-state index contributed by atoms with van der Waals surface area (Å²) in [6.07, 6.45) is 4.06. The van der Waals surface area contributed by atoms with Crippen molar-refractivity contribution in [2.45, 2.75) is 25.8 Å². The minimum atomic E-state index is 0.413. The predicted octanol–water partition coefficient (Wildman–Crippen LogP) is 2.92. The standard InChI is InChI=1S/C15H18N6S/c1-10-13(17-9-16-10)14-18-19-15(20(14)2)21-7-3-5-11(21)12-6-4-8-22-12/h4,6,8-9,11H,3,5,7H2,1-2H3,(H,16,17). The Bertz CT molecular complexity index is 772. The van der Waals surface area contributed by atoms with Crippen molar-refractivity contribution >= 4 is 17.3 Å². The monoisotopic (exact) mass is 314 g/mol. The van der Waals surface area contributed by atoms with Gasteiger partial charge in [-0.2, -0.15) is 0 Å². The van der Waals surface area contributed by atoms with Crippen LogP contribution < -0.4 is 4.90 Å². The second-order valence-corrected chi connectivity index (χ2v) is 6.60. The van der Waals surface area contributed by atoms with Gasteiger partial charge in [0.05, 0.1) is 12.4 Å². The van der Waals surface area contributed by atoms with E-state index in [-0.39, 0.29) is 0 Å². The number of hydrogen-bond donors (Lipinski definition) is 1. The summed E-state index contributed by atoms with van der Waals surface area (Å²) >= 11 is 1.82. The van der Waals surface area contributed by atoms with Gasteiger partial charge in [0.15, 0.2) is 5.82 Å². The zero-order valence-electron chi connectivity index (χ0n) is 12.7. The Morgan fingerprint density at radius 3 is 3.00 bits per heavy atom. The molecule has 114 valence electrons. The van der Waals surface area contributed by atoms with Gasteiger partial charge in [0.1, 0.15) is 5.69 Å². The molecule has 6 nitrogen and oxygen atoms in total. The second-order valence-electron chi connectivity index (χ2n) is 5.63. The van der Waals surface area contributed by atoms with Gasteiger partial charge in [0, 0.05) is 24.2 Å². The van der Waals surface area contributed by atoms with Crippen LogP contribution in [0.2, 0.25) is 0 Å². The Morgan fingerprint density at radius 2 is 2.27 bits per heavy atom. The zero-order valence-corrected chi connectivity index (χ0v) is 13.5. The van der Waals surface area contributed by atoms with Crippen LogP contribution in [-0.4, -0.2) is 31.3 Å². The molecule has 0 amide bonds. The fourth-order valence-electron chi connectivity index (χ4n) is 3.14. The van der Waals surface area contributed by atoms with E-state index in [1.807, 2.05) is 25.3 Å². The molecular formula is C15H18N6S. The highest BCUT2D eigenvalue weighted by molar-refractivity contribution is 7.10.